The van der Waals surface area contributed by atoms with E-state index in [-0.39, 0.29) is 35.2 Å². The number of aliphatic hydroxyl groups excluding tert-OH is 2. The van der Waals surface area contributed by atoms with Crippen molar-refractivity contribution in [2.45, 2.75) is 105 Å². The lowest BCUT2D eigenvalue weighted by Crippen LogP contribution is -2.37. The molecule has 184 valence electrons. The average Bonchev–Trinajstić information content (AvgIpc) is 2.61. The highest BCUT2D eigenvalue weighted by Gasteiger charge is 2.29. The summed E-state index contributed by atoms with van der Waals surface area (Å²) in [6.45, 7) is 18.6. The molecular formula is C23H50O7. The van der Waals surface area contributed by atoms with E-state index in [9.17, 15) is 10.2 Å². The van der Waals surface area contributed by atoms with Crippen molar-refractivity contribution < 1.29 is 35.4 Å². The number of ether oxygens (including phenoxy) is 3. The number of aliphatic hydroxyl groups is 2. The number of hydrogen-bond acceptors (Lipinski definition) is 5. The summed E-state index contributed by atoms with van der Waals surface area (Å²) in [4.78, 5) is 0. The molecule has 3 aliphatic rings. The number of hydrogen-bond donors (Lipinski definition) is 2. The molecule has 3 saturated heterocycles. The van der Waals surface area contributed by atoms with Crippen LogP contribution >= 0.6 is 0 Å². The molecule has 0 amide bonds. The fraction of sp³-hybridized carbons (Fsp3) is 1.00. The monoisotopic (exact) mass is 438 g/mol. The van der Waals surface area contributed by atoms with Crippen LogP contribution in [0.25, 0.3) is 0 Å². The second-order valence-corrected chi connectivity index (χ2v) is 9.67. The van der Waals surface area contributed by atoms with Gasteiger partial charge in [-0.3, -0.25) is 0 Å². The minimum absolute atomic E-state index is 0. The van der Waals surface area contributed by atoms with Crippen molar-refractivity contribution in [3.05, 3.63) is 0 Å². The molecule has 3 fully saturated rings. The molecule has 6 N–H and O–H groups in total. The molecule has 7 unspecified atom stereocenters. The maximum Gasteiger partial charge on any atom is 0.157 e. The smallest absolute Gasteiger partial charge is 0.157 e. The molecule has 3 heterocycles. The van der Waals surface area contributed by atoms with E-state index in [1.54, 1.807) is 0 Å². The molecule has 7 heteroatoms. The minimum Gasteiger partial charge on any atom is -0.412 e. The molecule has 0 saturated carbocycles. The molecule has 0 radical (unpaired) electrons. The summed E-state index contributed by atoms with van der Waals surface area (Å²) in [6, 6.07) is 0. The summed E-state index contributed by atoms with van der Waals surface area (Å²) in [6.07, 6.45) is 3.38. The lowest BCUT2D eigenvalue weighted by atomic mass is 9.88. The molecule has 3 aliphatic heterocycles. The Kier molecular flexibility index (Phi) is 16.5. The van der Waals surface area contributed by atoms with Crippen LogP contribution in [0.2, 0.25) is 0 Å². The van der Waals surface area contributed by atoms with Crippen molar-refractivity contribution >= 4 is 0 Å². The van der Waals surface area contributed by atoms with E-state index >= 15 is 0 Å². The van der Waals surface area contributed by atoms with Crippen molar-refractivity contribution in [2.75, 3.05) is 13.2 Å². The molecule has 0 aliphatic carbocycles. The molecular weight excluding hydrogens is 388 g/mol. The van der Waals surface area contributed by atoms with Crippen molar-refractivity contribution in [1.82, 2.24) is 0 Å². The maximum absolute atomic E-state index is 9.30. The minimum atomic E-state index is -0.543. The van der Waals surface area contributed by atoms with Gasteiger partial charge >= 0.3 is 0 Å². The van der Waals surface area contributed by atoms with E-state index in [4.69, 9.17) is 14.2 Å². The summed E-state index contributed by atoms with van der Waals surface area (Å²) in [5.41, 5.74) is 0. The van der Waals surface area contributed by atoms with Gasteiger partial charge in [0.05, 0.1) is 31.0 Å². The third-order valence-corrected chi connectivity index (χ3v) is 6.62. The predicted molar refractivity (Wildman–Crippen MR) is 120 cm³/mol. The zero-order chi connectivity index (χ0) is 21.4. The van der Waals surface area contributed by atoms with E-state index in [0.29, 0.717) is 24.5 Å². The van der Waals surface area contributed by atoms with Crippen molar-refractivity contribution in [3.8, 4) is 0 Å². The SMILES string of the molecule is CC1C[C@@H](C)C(C)C(O)O1.CC1C[C@@H](C)C(C)CO1.CC1C[C@@H](O)C(C)CO1.O.O. The molecule has 3 rings (SSSR count). The largest absolute Gasteiger partial charge is 0.412 e. The number of rotatable bonds is 0. The van der Waals surface area contributed by atoms with Gasteiger partial charge in [-0.1, -0.05) is 34.6 Å². The predicted octanol–water partition coefficient (Wildman–Crippen LogP) is 2.60. The summed E-state index contributed by atoms with van der Waals surface area (Å²) in [5, 5.41) is 18.6. The highest BCUT2D eigenvalue weighted by atomic mass is 16.6. The van der Waals surface area contributed by atoms with E-state index in [1.165, 1.54) is 6.42 Å². The first-order valence-electron chi connectivity index (χ1n) is 11.3. The Balaban J connectivity index is 0. The van der Waals surface area contributed by atoms with Gasteiger partial charge in [-0.2, -0.15) is 0 Å². The van der Waals surface area contributed by atoms with Crippen LogP contribution in [0.15, 0.2) is 0 Å². The zero-order valence-electron chi connectivity index (χ0n) is 20.4. The maximum atomic E-state index is 9.30. The normalized spacial score (nSPS) is 43.4. The summed E-state index contributed by atoms with van der Waals surface area (Å²) >= 11 is 0. The Morgan fingerprint density at radius 2 is 1.03 bits per heavy atom. The first-order valence-corrected chi connectivity index (χ1v) is 11.3. The topological polar surface area (TPSA) is 131 Å². The van der Waals surface area contributed by atoms with Gasteiger partial charge in [0, 0.05) is 18.4 Å². The van der Waals surface area contributed by atoms with Crippen molar-refractivity contribution in [2.24, 2.45) is 29.6 Å². The summed E-state index contributed by atoms with van der Waals surface area (Å²) in [5.74, 6) is 2.81. The van der Waals surface area contributed by atoms with E-state index < -0.39 is 6.29 Å². The van der Waals surface area contributed by atoms with Gasteiger partial charge < -0.3 is 35.4 Å². The lowest BCUT2D eigenvalue weighted by Gasteiger charge is -2.34. The Morgan fingerprint density at radius 3 is 1.43 bits per heavy atom. The Labute approximate surface area is 184 Å². The van der Waals surface area contributed by atoms with Crippen molar-refractivity contribution in [1.29, 1.82) is 0 Å². The van der Waals surface area contributed by atoms with Crippen LogP contribution < -0.4 is 0 Å². The van der Waals surface area contributed by atoms with Crippen LogP contribution in [0.1, 0.15) is 74.7 Å². The van der Waals surface area contributed by atoms with Crippen molar-refractivity contribution in [3.63, 3.8) is 0 Å². The third-order valence-electron chi connectivity index (χ3n) is 6.62. The Hall–Kier alpha value is -0.280. The van der Waals surface area contributed by atoms with Crippen LogP contribution in [0.5, 0.6) is 0 Å². The quantitative estimate of drug-likeness (QED) is 0.600. The summed E-state index contributed by atoms with van der Waals surface area (Å²) < 4.78 is 16.0. The standard InChI is InChI=1S/C8H16O2.C8H16O.C7H14O2.2H2O/c1-5-4-6(2)10-8(9)7(5)3;1-6-4-8(3)9-5-7(6)2;1-5-4-9-6(2)3-7(5)8;;/h5-9H,4H2,1-3H3;6-8H,4-5H2,1-3H3;5-8H,3-4H2,1-2H3;2*1H2/t5-,6?,7?,8?;6-,7?,8?;5?,6?,7-;;/m111../s1. The highest BCUT2D eigenvalue weighted by Crippen LogP contribution is 2.28. The van der Waals surface area contributed by atoms with E-state index in [1.807, 2.05) is 27.7 Å². The van der Waals surface area contributed by atoms with Gasteiger partial charge in [-0.05, 0) is 57.8 Å². The molecule has 0 spiro atoms. The fourth-order valence-electron chi connectivity index (χ4n) is 3.81. The van der Waals surface area contributed by atoms with Crippen LogP contribution in [0.4, 0.5) is 0 Å². The first kappa shape index (κ1) is 31.9. The van der Waals surface area contributed by atoms with Crippen LogP contribution in [-0.4, -0.2) is 65.1 Å². The van der Waals surface area contributed by atoms with Crippen LogP contribution in [0, 0.1) is 29.6 Å². The lowest BCUT2D eigenvalue weighted by molar-refractivity contribution is -0.199. The average molecular weight is 439 g/mol. The van der Waals surface area contributed by atoms with Gasteiger partial charge in [-0.25, -0.2) is 0 Å². The molecule has 7 nitrogen and oxygen atoms in total. The molecule has 0 bridgehead atoms. The zero-order valence-corrected chi connectivity index (χ0v) is 20.4. The molecule has 30 heavy (non-hydrogen) atoms. The third kappa shape index (κ3) is 11.4. The molecule has 0 aromatic heterocycles. The van der Waals surface area contributed by atoms with E-state index in [0.717, 1.165) is 31.3 Å². The molecule has 0 aromatic carbocycles. The first-order chi connectivity index (χ1) is 13.0. The molecule has 10 atom stereocenters. The summed E-state index contributed by atoms with van der Waals surface area (Å²) in [7, 11) is 0. The van der Waals surface area contributed by atoms with Gasteiger partial charge in [0.15, 0.2) is 6.29 Å². The second-order valence-electron chi connectivity index (χ2n) is 9.67. The Morgan fingerprint density at radius 1 is 0.567 bits per heavy atom. The van der Waals surface area contributed by atoms with Gasteiger partial charge in [0.25, 0.3) is 0 Å². The Bertz CT molecular complexity index is 386. The van der Waals surface area contributed by atoms with Crippen LogP contribution in [-0.2, 0) is 14.2 Å². The van der Waals surface area contributed by atoms with Gasteiger partial charge in [-0.15, -0.1) is 0 Å². The highest BCUT2D eigenvalue weighted by molar-refractivity contribution is 4.73. The fourth-order valence-corrected chi connectivity index (χ4v) is 3.81. The second kappa shape index (κ2) is 15.5. The van der Waals surface area contributed by atoms with Gasteiger partial charge in [0.1, 0.15) is 0 Å². The van der Waals surface area contributed by atoms with Gasteiger partial charge in [0.2, 0.25) is 0 Å². The molecule has 0 aromatic rings. The van der Waals surface area contributed by atoms with Crippen LogP contribution in [0.3, 0.4) is 0 Å². The van der Waals surface area contributed by atoms with E-state index in [2.05, 4.69) is 27.7 Å².